The first kappa shape index (κ1) is 16.4. The fraction of sp³-hybridized carbons (Fsp3) is 0.722. The largest absolute Gasteiger partial charge is 0.378 e. The summed E-state index contributed by atoms with van der Waals surface area (Å²) in [5, 5.41) is 0.560. The van der Waals surface area contributed by atoms with Crippen molar-refractivity contribution in [2.24, 2.45) is 5.92 Å². The van der Waals surface area contributed by atoms with E-state index in [2.05, 4.69) is 4.98 Å². The van der Waals surface area contributed by atoms with Gasteiger partial charge in [-0.15, -0.1) is 0 Å². The molecule has 6 heteroatoms. The number of carbonyl (C=O) groups is 1. The Balaban J connectivity index is 1.49. The van der Waals surface area contributed by atoms with Crippen LogP contribution in [0, 0.1) is 5.92 Å². The highest BCUT2D eigenvalue weighted by Gasteiger charge is 2.53. The van der Waals surface area contributed by atoms with Gasteiger partial charge in [0.1, 0.15) is 5.69 Å². The van der Waals surface area contributed by atoms with Crippen LogP contribution in [-0.4, -0.2) is 53.8 Å². The molecule has 4 rings (SSSR count). The number of H-pyrrole nitrogens is 1. The summed E-state index contributed by atoms with van der Waals surface area (Å²) in [4.78, 5) is 17.8. The van der Waals surface area contributed by atoms with E-state index in [9.17, 15) is 4.79 Å². The number of carbonyl (C=O) groups excluding carboxylic acids is 1. The summed E-state index contributed by atoms with van der Waals surface area (Å²) < 4.78 is 12.0. The standard InChI is InChI=1S/C18H25ClN2O3/c1-23-18-5-4-14(24-11-12-2-3-12)9-16(18)21(7-6-18)17(22)15-8-13(19)10-20-15/h8,10,12,14,16,20H,2-7,9,11H2,1H3/t14?,16?,18-/m1/s1. The third-order valence-electron chi connectivity index (χ3n) is 5.95. The monoisotopic (exact) mass is 352 g/mol. The minimum atomic E-state index is -0.217. The molecule has 2 saturated carbocycles. The van der Waals surface area contributed by atoms with E-state index >= 15 is 0 Å². The molecule has 1 saturated heterocycles. The number of ether oxygens (including phenoxy) is 2. The highest BCUT2D eigenvalue weighted by Crippen LogP contribution is 2.44. The van der Waals surface area contributed by atoms with Crippen LogP contribution in [0.2, 0.25) is 5.02 Å². The summed E-state index contributed by atoms with van der Waals surface area (Å²) in [6.45, 7) is 1.60. The predicted molar refractivity (Wildman–Crippen MR) is 91.3 cm³/mol. The second-order valence-electron chi connectivity index (χ2n) is 7.44. The molecule has 2 heterocycles. The number of aromatic amines is 1. The quantitative estimate of drug-likeness (QED) is 0.885. The van der Waals surface area contributed by atoms with Crippen molar-refractivity contribution in [3.8, 4) is 0 Å². The Bertz CT molecular complexity index is 615. The van der Waals surface area contributed by atoms with Crippen molar-refractivity contribution in [3.63, 3.8) is 0 Å². The molecule has 132 valence electrons. The molecular formula is C18H25ClN2O3. The van der Waals surface area contributed by atoms with E-state index in [1.54, 1.807) is 19.4 Å². The fourth-order valence-corrected chi connectivity index (χ4v) is 4.42. The van der Waals surface area contributed by atoms with E-state index in [4.69, 9.17) is 21.1 Å². The normalized spacial score (nSPS) is 32.8. The van der Waals surface area contributed by atoms with E-state index in [0.717, 1.165) is 44.8 Å². The van der Waals surface area contributed by atoms with Gasteiger partial charge in [-0.1, -0.05) is 11.6 Å². The lowest BCUT2D eigenvalue weighted by atomic mass is 9.79. The summed E-state index contributed by atoms with van der Waals surface area (Å²) >= 11 is 5.96. The van der Waals surface area contributed by atoms with E-state index in [0.29, 0.717) is 10.7 Å². The minimum Gasteiger partial charge on any atom is -0.378 e. The zero-order chi connectivity index (χ0) is 16.7. The molecular weight excluding hydrogens is 328 g/mol. The van der Waals surface area contributed by atoms with Crippen LogP contribution in [0.15, 0.2) is 12.3 Å². The van der Waals surface area contributed by atoms with E-state index in [-0.39, 0.29) is 23.7 Å². The Kier molecular flexibility index (Phi) is 4.35. The maximum Gasteiger partial charge on any atom is 0.270 e. The van der Waals surface area contributed by atoms with Gasteiger partial charge in [0.25, 0.3) is 5.91 Å². The Morgan fingerprint density at radius 2 is 2.25 bits per heavy atom. The molecule has 3 aliphatic rings. The number of likely N-dealkylation sites (tertiary alicyclic amines) is 1. The van der Waals surface area contributed by atoms with Gasteiger partial charge < -0.3 is 19.4 Å². The van der Waals surface area contributed by atoms with Gasteiger partial charge in [-0.05, 0) is 50.5 Å². The smallest absolute Gasteiger partial charge is 0.270 e. The molecule has 0 spiro atoms. The molecule has 1 aliphatic heterocycles. The number of amides is 1. The number of methoxy groups -OCH3 is 1. The average molecular weight is 353 g/mol. The lowest BCUT2D eigenvalue weighted by molar-refractivity contribution is -0.0977. The Labute approximate surface area is 147 Å². The van der Waals surface area contributed by atoms with Crippen molar-refractivity contribution < 1.29 is 14.3 Å². The van der Waals surface area contributed by atoms with E-state index in [1.165, 1.54) is 12.8 Å². The molecule has 1 amide bonds. The number of aromatic nitrogens is 1. The summed E-state index contributed by atoms with van der Waals surface area (Å²) in [7, 11) is 1.78. The van der Waals surface area contributed by atoms with Crippen LogP contribution in [0.25, 0.3) is 0 Å². The topological polar surface area (TPSA) is 54.6 Å². The summed E-state index contributed by atoms with van der Waals surface area (Å²) in [5.74, 6) is 0.773. The fourth-order valence-electron chi connectivity index (χ4n) is 4.26. The highest BCUT2D eigenvalue weighted by atomic mass is 35.5. The highest BCUT2D eigenvalue weighted by molar-refractivity contribution is 6.30. The van der Waals surface area contributed by atoms with E-state index in [1.807, 2.05) is 4.90 Å². The number of hydrogen-bond acceptors (Lipinski definition) is 3. The second kappa shape index (κ2) is 6.36. The molecule has 5 nitrogen and oxygen atoms in total. The van der Waals surface area contributed by atoms with Gasteiger partial charge in [-0.25, -0.2) is 0 Å². The first-order valence-corrected chi connectivity index (χ1v) is 9.31. The molecule has 1 N–H and O–H groups in total. The molecule has 1 aromatic heterocycles. The van der Waals surface area contributed by atoms with Crippen LogP contribution in [0.4, 0.5) is 0 Å². The van der Waals surface area contributed by atoms with Crippen molar-refractivity contribution in [3.05, 3.63) is 23.0 Å². The number of nitrogens with one attached hydrogen (secondary N) is 1. The molecule has 0 radical (unpaired) electrons. The summed E-state index contributed by atoms with van der Waals surface area (Å²) in [6, 6.07) is 1.77. The number of nitrogens with zero attached hydrogens (tertiary/aromatic N) is 1. The number of hydrogen-bond donors (Lipinski definition) is 1. The van der Waals surface area contributed by atoms with E-state index < -0.39 is 0 Å². The minimum absolute atomic E-state index is 0.00803. The number of rotatable bonds is 5. The SMILES string of the molecule is CO[C@@]12CCC(OCC3CC3)CC1N(C(=O)c1cc(Cl)c[nH]1)CC2. The van der Waals surface area contributed by atoms with Crippen molar-refractivity contribution in [2.45, 2.75) is 56.3 Å². The van der Waals surface area contributed by atoms with Crippen LogP contribution in [0.5, 0.6) is 0 Å². The van der Waals surface area contributed by atoms with Crippen molar-refractivity contribution in [1.29, 1.82) is 0 Å². The zero-order valence-corrected chi connectivity index (χ0v) is 14.8. The van der Waals surface area contributed by atoms with Gasteiger partial charge in [-0.2, -0.15) is 0 Å². The third kappa shape index (κ3) is 2.98. The van der Waals surface area contributed by atoms with Crippen LogP contribution < -0.4 is 0 Å². The maximum absolute atomic E-state index is 12.9. The van der Waals surface area contributed by atoms with Crippen LogP contribution in [0.3, 0.4) is 0 Å². The van der Waals surface area contributed by atoms with Crippen LogP contribution in [-0.2, 0) is 9.47 Å². The van der Waals surface area contributed by atoms with Gasteiger partial charge in [0.15, 0.2) is 0 Å². The van der Waals surface area contributed by atoms with Crippen LogP contribution >= 0.6 is 11.6 Å². The second-order valence-corrected chi connectivity index (χ2v) is 7.87. The van der Waals surface area contributed by atoms with Crippen molar-refractivity contribution >= 4 is 17.5 Å². The lowest BCUT2D eigenvalue weighted by Crippen LogP contribution is -2.53. The van der Waals surface area contributed by atoms with Gasteiger partial charge in [0.05, 0.1) is 22.8 Å². The molecule has 0 aromatic carbocycles. The zero-order valence-electron chi connectivity index (χ0n) is 14.1. The average Bonchev–Trinajstić information content (AvgIpc) is 3.20. The molecule has 3 atom stereocenters. The number of fused-ring (bicyclic) bond motifs is 1. The van der Waals surface area contributed by atoms with Gasteiger partial charge in [-0.3, -0.25) is 4.79 Å². The Morgan fingerprint density at radius 3 is 2.92 bits per heavy atom. The van der Waals surface area contributed by atoms with Gasteiger partial charge in [0.2, 0.25) is 0 Å². The lowest BCUT2D eigenvalue weighted by Gasteiger charge is -2.43. The van der Waals surface area contributed by atoms with Crippen molar-refractivity contribution in [1.82, 2.24) is 9.88 Å². The molecule has 2 unspecified atom stereocenters. The summed E-state index contributed by atoms with van der Waals surface area (Å²) in [6.07, 6.45) is 8.22. The van der Waals surface area contributed by atoms with Crippen LogP contribution in [0.1, 0.15) is 49.0 Å². The number of halogens is 1. The molecule has 1 aromatic rings. The molecule has 2 aliphatic carbocycles. The van der Waals surface area contributed by atoms with Gasteiger partial charge in [0, 0.05) is 26.5 Å². The molecule has 24 heavy (non-hydrogen) atoms. The van der Waals surface area contributed by atoms with Crippen molar-refractivity contribution in [2.75, 3.05) is 20.3 Å². The Hall–Kier alpha value is -1.04. The molecule has 0 bridgehead atoms. The Morgan fingerprint density at radius 1 is 1.42 bits per heavy atom. The molecule has 3 fully saturated rings. The summed E-state index contributed by atoms with van der Waals surface area (Å²) in [5.41, 5.74) is 0.332. The first-order valence-electron chi connectivity index (χ1n) is 8.93. The first-order chi connectivity index (χ1) is 11.6. The van der Waals surface area contributed by atoms with Gasteiger partial charge >= 0.3 is 0 Å². The third-order valence-corrected chi connectivity index (χ3v) is 6.16. The maximum atomic E-state index is 12.9. The predicted octanol–water partition coefficient (Wildman–Crippen LogP) is 3.25.